The molecule has 1 aliphatic heterocycles. The van der Waals surface area contributed by atoms with Gasteiger partial charge in [0.1, 0.15) is 0 Å². The molecule has 3 heteroatoms. The van der Waals surface area contributed by atoms with Crippen molar-refractivity contribution in [1.29, 1.82) is 0 Å². The molecule has 0 atom stereocenters. The molecule has 1 fully saturated rings. The van der Waals surface area contributed by atoms with Gasteiger partial charge in [-0.2, -0.15) is 0 Å². The van der Waals surface area contributed by atoms with E-state index in [4.69, 9.17) is 0 Å². The van der Waals surface area contributed by atoms with Crippen molar-refractivity contribution in [2.75, 3.05) is 0 Å². The Bertz CT molecular complexity index is 607. The van der Waals surface area contributed by atoms with Gasteiger partial charge in [-0.1, -0.05) is 17.3 Å². The lowest BCUT2D eigenvalue weighted by Crippen LogP contribution is -2.38. The average molecular weight is 225 g/mol. The van der Waals surface area contributed by atoms with Crippen LogP contribution in [-0.2, 0) is 13.0 Å². The number of hydrogen-bond donors (Lipinski definition) is 0. The molecule has 0 bridgehead atoms. The Hall–Kier alpha value is -1.48. The number of rotatable bonds is 0. The maximum atomic E-state index is 4.44. The van der Waals surface area contributed by atoms with E-state index >= 15 is 0 Å². The van der Waals surface area contributed by atoms with Gasteiger partial charge in [0.05, 0.1) is 0 Å². The van der Waals surface area contributed by atoms with Gasteiger partial charge in [-0.25, -0.2) is 0 Å². The largest absolute Gasteiger partial charge is 0.468 e. The molecule has 0 radical (unpaired) electrons. The zero-order valence-electron chi connectivity index (χ0n) is 9.82. The first-order valence-corrected chi connectivity index (χ1v) is 6.07. The Morgan fingerprint density at radius 3 is 2.88 bits per heavy atom. The number of nitrogens with zero attached hydrogens (tertiary/aromatic N) is 3. The summed E-state index contributed by atoms with van der Waals surface area (Å²) in [4.78, 5) is 6.69. The number of fused-ring (bicyclic) bond motifs is 3. The highest BCUT2D eigenvalue weighted by atomic mass is 15.2. The van der Waals surface area contributed by atoms with E-state index in [-0.39, 0.29) is 0 Å². The summed E-state index contributed by atoms with van der Waals surface area (Å²) in [5.41, 5.74) is 4.08. The van der Waals surface area contributed by atoms with Gasteiger partial charge in [0.15, 0.2) is 0 Å². The van der Waals surface area contributed by atoms with Crippen molar-refractivity contribution in [2.24, 2.45) is 0 Å². The highest BCUT2D eigenvalue weighted by molar-refractivity contribution is 5.83. The molecule has 2 aliphatic rings. The van der Waals surface area contributed by atoms with E-state index in [1.807, 2.05) is 16.8 Å². The minimum Gasteiger partial charge on any atom is -0.468 e. The maximum Gasteiger partial charge on any atom is 0.0324 e. The Morgan fingerprint density at radius 2 is 2.12 bits per heavy atom. The maximum absolute atomic E-state index is 4.44. The molecule has 2 aromatic rings. The van der Waals surface area contributed by atoms with Crippen LogP contribution in [0.4, 0.5) is 0 Å². The van der Waals surface area contributed by atoms with Crippen molar-refractivity contribution in [3.63, 3.8) is 0 Å². The smallest absolute Gasteiger partial charge is 0.0324 e. The van der Waals surface area contributed by atoms with Crippen LogP contribution in [0.25, 0.3) is 11.0 Å². The predicted molar refractivity (Wildman–Crippen MR) is 67.1 cm³/mol. The Kier molecular flexibility index (Phi) is 1.60. The molecule has 3 heterocycles. The van der Waals surface area contributed by atoms with Crippen molar-refractivity contribution in [3.8, 4) is 0 Å². The second-order valence-electron chi connectivity index (χ2n) is 5.33. The lowest BCUT2D eigenvalue weighted by atomic mass is 9.96. The van der Waals surface area contributed by atoms with Crippen LogP contribution in [0.15, 0.2) is 18.3 Å². The van der Waals surface area contributed by atoms with Crippen LogP contribution in [0.1, 0.15) is 24.1 Å². The first-order chi connectivity index (χ1) is 8.21. The first-order valence-electron chi connectivity index (χ1n) is 6.07. The molecule has 2 aromatic heterocycles. The van der Waals surface area contributed by atoms with Crippen LogP contribution >= 0.6 is 0 Å². The minimum absolute atomic E-state index is 0.344. The summed E-state index contributed by atoms with van der Waals surface area (Å²) in [6.07, 6.45) is 5.50. The van der Waals surface area contributed by atoms with Crippen molar-refractivity contribution >= 4 is 11.0 Å². The molecule has 0 unspecified atom stereocenters. The van der Waals surface area contributed by atoms with Crippen molar-refractivity contribution in [2.45, 2.75) is 31.3 Å². The summed E-state index contributed by atoms with van der Waals surface area (Å²) < 4.78 is 1.98. The molecule has 88 valence electrons. The second-order valence-corrected chi connectivity index (χ2v) is 5.33. The van der Waals surface area contributed by atoms with Crippen LogP contribution in [0, 0.1) is 14.1 Å². The summed E-state index contributed by atoms with van der Waals surface area (Å²) in [6, 6.07) is 4.18. The highest BCUT2D eigenvalue weighted by Gasteiger charge is 2.45. The third-order valence-electron chi connectivity index (χ3n) is 4.39. The van der Waals surface area contributed by atoms with Crippen LogP contribution in [0.5, 0.6) is 0 Å². The molecular formula is C14H15N3-2. The van der Waals surface area contributed by atoms with Crippen molar-refractivity contribution in [1.82, 2.24) is 14.5 Å². The molecule has 0 N–H and O–H groups in total. The van der Waals surface area contributed by atoms with Gasteiger partial charge in [0.2, 0.25) is 0 Å². The van der Waals surface area contributed by atoms with Gasteiger partial charge in [0, 0.05) is 11.8 Å². The summed E-state index contributed by atoms with van der Waals surface area (Å²) in [5.74, 6) is 0. The van der Waals surface area contributed by atoms with Crippen molar-refractivity contribution < 1.29 is 0 Å². The normalized spacial score (nSPS) is 21.9. The minimum atomic E-state index is 0.344. The third kappa shape index (κ3) is 1.10. The van der Waals surface area contributed by atoms with Gasteiger partial charge in [0.25, 0.3) is 0 Å². The predicted octanol–water partition coefficient (Wildman–Crippen LogP) is 2.36. The average Bonchev–Trinajstić information content (AvgIpc) is 3.07. The number of pyridine rings is 1. The fourth-order valence-electron chi connectivity index (χ4n) is 3.10. The fraction of sp³-hybridized carbons (Fsp3) is 0.357. The Balaban J connectivity index is 2.00. The zero-order valence-corrected chi connectivity index (χ0v) is 9.82. The van der Waals surface area contributed by atoms with Gasteiger partial charge in [-0.15, -0.1) is 7.05 Å². The standard InChI is InChI=1S/C14H15N3/c1-16-9-12-11(8-14(16)5-6-14)10-4-3-7-15-13(10)17(12)2/h3-4,7H,1-2,5-6,8-9H2/q-2. The molecule has 1 spiro atoms. The Morgan fingerprint density at radius 1 is 1.29 bits per heavy atom. The van der Waals surface area contributed by atoms with E-state index in [9.17, 15) is 0 Å². The number of aromatic nitrogens is 2. The first kappa shape index (κ1) is 9.54. The van der Waals surface area contributed by atoms with E-state index in [1.165, 1.54) is 29.5 Å². The molecular weight excluding hydrogens is 210 g/mol. The second kappa shape index (κ2) is 2.85. The summed E-state index contributed by atoms with van der Waals surface area (Å²) in [6.45, 7) is 0.898. The molecule has 0 amide bonds. The van der Waals surface area contributed by atoms with E-state index in [1.54, 1.807) is 0 Å². The lowest BCUT2D eigenvalue weighted by molar-refractivity contribution is 0.218. The van der Waals surface area contributed by atoms with E-state index in [2.05, 4.69) is 30.0 Å². The van der Waals surface area contributed by atoms with Crippen LogP contribution in [-0.4, -0.2) is 20.0 Å². The van der Waals surface area contributed by atoms with Gasteiger partial charge < -0.3 is 14.5 Å². The molecule has 0 aromatic carbocycles. The molecule has 4 rings (SSSR count). The lowest BCUT2D eigenvalue weighted by Gasteiger charge is -2.43. The quantitative estimate of drug-likeness (QED) is 0.642. The van der Waals surface area contributed by atoms with E-state index in [0.717, 1.165) is 18.6 Å². The van der Waals surface area contributed by atoms with E-state index in [0.29, 0.717) is 5.54 Å². The topological polar surface area (TPSA) is 21.1 Å². The van der Waals surface area contributed by atoms with Crippen LogP contribution in [0.2, 0.25) is 0 Å². The van der Waals surface area contributed by atoms with Crippen molar-refractivity contribution in [3.05, 3.63) is 43.7 Å². The van der Waals surface area contributed by atoms with E-state index < -0.39 is 0 Å². The fourth-order valence-corrected chi connectivity index (χ4v) is 3.10. The molecule has 3 nitrogen and oxygen atoms in total. The molecule has 0 saturated heterocycles. The van der Waals surface area contributed by atoms with Crippen LogP contribution in [0.3, 0.4) is 0 Å². The third-order valence-corrected chi connectivity index (χ3v) is 4.39. The Labute approximate surface area is 101 Å². The monoisotopic (exact) mass is 225 g/mol. The molecule has 17 heavy (non-hydrogen) atoms. The number of hydrogen-bond acceptors (Lipinski definition) is 2. The van der Waals surface area contributed by atoms with Gasteiger partial charge >= 0.3 is 0 Å². The van der Waals surface area contributed by atoms with Crippen LogP contribution < -0.4 is 0 Å². The SMILES string of the molecule is [CH2-]N1Cc2c(c3cccnc3n2[CH2-])CC12CC2. The summed E-state index contributed by atoms with van der Waals surface area (Å²) in [5, 5.41) is 1.27. The molecule has 1 saturated carbocycles. The summed E-state index contributed by atoms with van der Waals surface area (Å²) in [7, 11) is 8.32. The van der Waals surface area contributed by atoms with Gasteiger partial charge in [-0.3, -0.25) is 7.05 Å². The highest BCUT2D eigenvalue weighted by Crippen LogP contribution is 2.49. The zero-order chi connectivity index (χ0) is 11.6. The van der Waals surface area contributed by atoms with Gasteiger partial charge in [-0.05, 0) is 42.8 Å². The molecule has 1 aliphatic carbocycles. The summed E-state index contributed by atoms with van der Waals surface area (Å²) >= 11 is 0.